The van der Waals surface area contributed by atoms with Gasteiger partial charge in [-0.15, -0.1) is 23.7 Å². The number of carbonyl (C=O) groups is 1. The van der Waals surface area contributed by atoms with E-state index in [1.807, 2.05) is 42.8 Å². The topological polar surface area (TPSA) is 81.1 Å². The molecule has 9 heteroatoms. The second kappa shape index (κ2) is 8.94. The zero-order chi connectivity index (χ0) is 19.6. The standard InChI is InChI=1S/C20H23N5O2S.ClH/c1-14-4-5-17(27-2)15(12-14)16-13-28-19(23-16)24-18(26)20(6-9-21-10-7-20)25-11-3-8-22-25;/h3-5,8,11-13,21H,6-7,9-10H2,1-2H3,(H,23,24,26);1H. The number of benzene rings is 1. The number of hydrogen-bond acceptors (Lipinski definition) is 6. The predicted octanol–water partition coefficient (Wildman–Crippen LogP) is 3.46. The molecule has 1 amide bonds. The SMILES string of the molecule is COc1ccc(C)cc1-c1csc(NC(=O)C2(n3cccn3)CCNCC2)n1.Cl. The molecule has 1 aliphatic heterocycles. The van der Waals surface area contributed by atoms with Crippen LogP contribution >= 0.6 is 23.7 Å². The Kier molecular flexibility index (Phi) is 6.56. The maximum absolute atomic E-state index is 13.3. The first-order chi connectivity index (χ1) is 13.6. The summed E-state index contributed by atoms with van der Waals surface area (Å²) in [6.45, 7) is 3.58. The fourth-order valence-electron chi connectivity index (χ4n) is 3.61. The van der Waals surface area contributed by atoms with Crippen molar-refractivity contribution in [2.45, 2.75) is 25.3 Å². The minimum atomic E-state index is -0.693. The molecule has 0 radical (unpaired) electrons. The van der Waals surface area contributed by atoms with Gasteiger partial charge in [0.25, 0.3) is 5.91 Å². The Morgan fingerprint density at radius 2 is 2.14 bits per heavy atom. The second-order valence-corrected chi connectivity index (χ2v) is 7.79. The Balaban J connectivity index is 0.00000240. The predicted molar refractivity (Wildman–Crippen MR) is 117 cm³/mol. The minimum absolute atomic E-state index is 0. The van der Waals surface area contributed by atoms with Gasteiger partial charge in [-0.05, 0) is 51.1 Å². The Bertz CT molecular complexity index is 967. The smallest absolute Gasteiger partial charge is 0.254 e. The molecule has 2 aromatic heterocycles. The number of rotatable bonds is 5. The van der Waals surface area contributed by atoms with Crippen molar-refractivity contribution in [1.82, 2.24) is 20.1 Å². The molecule has 0 unspecified atom stereocenters. The van der Waals surface area contributed by atoms with E-state index in [0.717, 1.165) is 35.7 Å². The van der Waals surface area contributed by atoms with Gasteiger partial charge in [-0.25, -0.2) is 4.98 Å². The number of amides is 1. The van der Waals surface area contributed by atoms with Crippen molar-refractivity contribution in [2.24, 2.45) is 0 Å². The fraction of sp³-hybridized carbons (Fsp3) is 0.350. The molecule has 0 aliphatic carbocycles. The number of nitrogens with one attached hydrogen (secondary N) is 2. The number of aryl methyl sites for hydroxylation is 1. The summed E-state index contributed by atoms with van der Waals surface area (Å²) in [6, 6.07) is 7.83. The third-order valence-electron chi connectivity index (χ3n) is 5.15. The summed E-state index contributed by atoms with van der Waals surface area (Å²) >= 11 is 1.41. The van der Waals surface area contributed by atoms with Crippen LogP contribution in [0.4, 0.5) is 5.13 Å². The number of ether oxygens (including phenoxy) is 1. The van der Waals surface area contributed by atoms with Crippen molar-refractivity contribution in [3.63, 3.8) is 0 Å². The molecule has 1 fully saturated rings. The second-order valence-electron chi connectivity index (χ2n) is 6.93. The Morgan fingerprint density at radius 3 is 2.83 bits per heavy atom. The van der Waals surface area contributed by atoms with Crippen molar-refractivity contribution in [3.8, 4) is 17.0 Å². The van der Waals surface area contributed by atoms with Crippen LogP contribution in [0, 0.1) is 6.92 Å². The van der Waals surface area contributed by atoms with Gasteiger partial charge in [-0.3, -0.25) is 14.8 Å². The summed E-state index contributed by atoms with van der Waals surface area (Å²) in [5.41, 5.74) is 2.14. The lowest BCUT2D eigenvalue weighted by molar-refractivity contribution is -0.126. The lowest BCUT2D eigenvalue weighted by atomic mass is 9.87. The molecule has 0 atom stereocenters. The molecule has 0 spiro atoms. The molecule has 4 rings (SSSR count). The number of carbonyl (C=O) groups excluding carboxylic acids is 1. The van der Waals surface area contributed by atoms with Gasteiger partial charge in [0.2, 0.25) is 0 Å². The molecule has 1 saturated heterocycles. The highest BCUT2D eigenvalue weighted by atomic mass is 35.5. The third-order valence-corrected chi connectivity index (χ3v) is 5.91. The van der Waals surface area contributed by atoms with Crippen molar-refractivity contribution in [2.75, 3.05) is 25.5 Å². The van der Waals surface area contributed by atoms with E-state index in [2.05, 4.69) is 20.7 Å². The average Bonchev–Trinajstić information content (AvgIpc) is 3.41. The zero-order valence-electron chi connectivity index (χ0n) is 16.3. The van der Waals surface area contributed by atoms with Crippen molar-refractivity contribution < 1.29 is 9.53 Å². The van der Waals surface area contributed by atoms with E-state index < -0.39 is 5.54 Å². The lowest BCUT2D eigenvalue weighted by Gasteiger charge is -2.36. The molecule has 29 heavy (non-hydrogen) atoms. The number of hydrogen-bond donors (Lipinski definition) is 2. The van der Waals surface area contributed by atoms with Crippen molar-refractivity contribution >= 4 is 34.8 Å². The van der Waals surface area contributed by atoms with Crippen LogP contribution in [0.25, 0.3) is 11.3 Å². The van der Waals surface area contributed by atoms with Gasteiger partial charge < -0.3 is 10.1 Å². The molecule has 0 saturated carbocycles. The number of methoxy groups -OCH3 is 1. The van der Waals surface area contributed by atoms with Crippen LogP contribution < -0.4 is 15.4 Å². The highest BCUT2D eigenvalue weighted by Gasteiger charge is 2.42. The number of anilines is 1. The molecular weight excluding hydrogens is 410 g/mol. The monoisotopic (exact) mass is 433 g/mol. The van der Waals surface area contributed by atoms with Gasteiger partial charge in [0.05, 0.1) is 12.8 Å². The summed E-state index contributed by atoms with van der Waals surface area (Å²) in [5, 5.41) is 13.2. The third kappa shape index (κ3) is 4.14. The number of thiazole rings is 1. The summed E-state index contributed by atoms with van der Waals surface area (Å²) in [4.78, 5) is 17.9. The van der Waals surface area contributed by atoms with E-state index in [4.69, 9.17) is 4.74 Å². The highest BCUT2D eigenvalue weighted by Crippen LogP contribution is 2.34. The van der Waals surface area contributed by atoms with E-state index in [-0.39, 0.29) is 18.3 Å². The Labute approximate surface area is 179 Å². The highest BCUT2D eigenvalue weighted by molar-refractivity contribution is 7.14. The van der Waals surface area contributed by atoms with Crippen LogP contribution in [0.2, 0.25) is 0 Å². The number of halogens is 1. The molecule has 1 aromatic carbocycles. The van der Waals surface area contributed by atoms with Crippen molar-refractivity contribution in [3.05, 3.63) is 47.6 Å². The molecule has 0 bridgehead atoms. The minimum Gasteiger partial charge on any atom is -0.496 e. The van der Waals surface area contributed by atoms with Crippen LogP contribution in [-0.4, -0.2) is 40.9 Å². The van der Waals surface area contributed by atoms with E-state index in [0.29, 0.717) is 18.0 Å². The molecule has 1 aliphatic rings. The van der Waals surface area contributed by atoms with Gasteiger partial charge in [-0.2, -0.15) is 5.10 Å². The van der Waals surface area contributed by atoms with E-state index in [1.165, 1.54) is 11.3 Å². The van der Waals surface area contributed by atoms with Gasteiger partial charge in [0, 0.05) is 23.3 Å². The molecule has 3 aromatic rings. The molecule has 154 valence electrons. The lowest BCUT2D eigenvalue weighted by Crippen LogP contribution is -2.52. The number of aromatic nitrogens is 3. The molecule has 7 nitrogen and oxygen atoms in total. The average molecular weight is 434 g/mol. The number of piperidine rings is 1. The summed E-state index contributed by atoms with van der Waals surface area (Å²) < 4.78 is 7.24. The van der Waals surface area contributed by atoms with Gasteiger partial charge in [0.1, 0.15) is 11.3 Å². The van der Waals surface area contributed by atoms with Crippen LogP contribution in [0.3, 0.4) is 0 Å². The van der Waals surface area contributed by atoms with Gasteiger partial charge in [0.15, 0.2) is 5.13 Å². The molecule has 2 N–H and O–H groups in total. The maximum atomic E-state index is 13.3. The van der Waals surface area contributed by atoms with Crippen LogP contribution in [0.15, 0.2) is 42.0 Å². The molecule has 3 heterocycles. The Morgan fingerprint density at radius 1 is 1.34 bits per heavy atom. The number of nitrogens with zero attached hydrogens (tertiary/aromatic N) is 3. The van der Waals surface area contributed by atoms with Gasteiger partial charge >= 0.3 is 0 Å². The molecular formula is C20H24ClN5O2S. The summed E-state index contributed by atoms with van der Waals surface area (Å²) in [5.74, 6) is 0.690. The van der Waals surface area contributed by atoms with E-state index in [9.17, 15) is 4.79 Å². The first-order valence-corrected chi connectivity index (χ1v) is 10.1. The van der Waals surface area contributed by atoms with E-state index >= 15 is 0 Å². The first-order valence-electron chi connectivity index (χ1n) is 9.25. The first kappa shape index (κ1) is 21.3. The van der Waals surface area contributed by atoms with Crippen LogP contribution in [0.5, 0.6) is 5.75 Å². The van der Waals surface area contributed by atoms with Crippen molar-refractivity contribution in [1.29, 1.82) is 0 Å². The van der Waals surface area contributed by atoms with Gasteiger partial charge in [-0.1, -0.05) is 11.6 Å². The van der Waals surface area contributed by atoms with E-state index in [1.54, 1.807) is 18.0 Å². The summed E-state index contributed by atoms with van der Waals surface area (Å²) in [6.07, 6.45) is 4.94. The Hall–Kier alpha value is -2.42. The normalized spacial score (nSPS) is 15.4. The van der Waals surface area contributed by atoms with Crippen LogP contribution in [0.1, 0.15) is 18.4 Å². The quantitative estimate of drug-likeness (QED) is 0.644. The van der Waals surface area contributed by atoms with Crippen LogP contribution in [-0.2, 0) is 10.3 Å². The maximum Gasteiger partial charge on any atom is 0.254 e. The zero-order valence-corrected chi connectivity index (χ0v) is 18.0. The largest absolute Gasteiger partial charge is 0.496 e. The summed E-state index contributed by atoms with van der Waals surface area (Å²) in [7, 11) is 1.65. The fourth-order valence-corrected chi connectivity index (χ4v) is 4.32.